The van der Waals surface area contributed by atoms with Crippen molar-refractivity contribution in [2.24, 2.45) is 5.84 Å². The molecule has 15 heavy (non-hydrogen) atoms. The number of hydrogen-bond acceptors (Lipinski definition) is 5. The van der Waals surface area contributed by atoms with Gasteiger partial charge < -0.3 is 5.43 Å². The third-order valence-electron chi connectivity index (χ3n) is 1.96. The Morgan fingerprint density at radius 1 is 1.40 bits per heavy atom. The van der Waals surface area contributed by atoms with E-state index in [1.54, 1.807) is 11.8 Å². The summed E-state index contributed by atoms with van der Waals surface area (Å²) in [5.41, 5.74) is 3.60. The maximum Gasteiger partial charge on any atom is 0.143 e. The van der Waals surface area contributed by atoms with Crippen LogP contribution in [-0.4, -0.2) is 16.2 Å². The van der Waals surface area contributed by atoms with Gasteiger partial charge in [-0.1, -0.05) is 20.8 Å². The third-order valence-corrected chi connectivity index (χ3v) is 2.51. The van der Waals surface area contributed by atoms with Crippen molar-refractivity contribution in [3.63, 3.8) is 0 Å². The highest BCUT2D eigenvalue weighted by Crippen LogP contribution is 2.22. The largest absolute Gasteiger partial charge is 0.308 e. The van der Waals surface area contributed by atoms with E-state index in [2.05, 4.69) is 36.2 Å². The summed E-state index contributed by atoms with van der Waals surface area (Å²) in [5, 5.41) is 0. The zero-order valence-electron chi connectivity index (χ0n) is 9.66. The monoisotopic (exact) mass is 226 g/mol. The van der Waals surface area contributed by atoms with E-state index in [-0.39, 0.29) is 5.41 Å². The molecule has 0 aliphatic carbocycles. The highest BCUT2D eigenvalue weighted by Gasteiger charge is 2.17. The lowest BCUT2D eigenvalue weighted by Gasteiger charge is -2.19. The molecule has 0 aromatic carbocycles. The maximum atomic E-state index is 5.38. The first kappa shape index (κ1) is 12.3. The van der Waals surface area contributed by atoms with Crippen molar-refractivity contribution in [2.45, 2.75) is 31.9 Å². The minimum atomic E-state index is 0.0156. The summed E-state index contributed by atoms with van der Waals surface area (Å²) in [6.45, 7) is 6.37. The van der Waals surface area contributed by atoms with E-state index in [1.165, 1.54) is 0 Å². The van der Waals surface area contributed by atoms with E-state index in [4.69, 9.17) is 5.84 Å². The number of thioether (sulfide) groups is 1. The molecule has 0 saturated heterocycles. The first-order valence-electron chi connectivity index (χ1n) is 4.81. The summed E-state index contributed by atoms with van der Waals surface area (Å²) in [6.07, 6.45) is 2.03. The van der Waals surface area contributed by atoms with Crippen LogP contribution >= 0.6 is 11.8 Å². The van der Waals surface area contributed by atoms with Crippen LogP contribution in [0.2, 0.25) is 0 Å². The molecule has 1 aromatic rings. The van der Waals surface area contributed by atoms with Crippen molar-refractivity contribution in [1.29, 1.82) is 0 Å². The number of nitrogen functional groups attached to an aromatic ring is 1. The van der Waals surface area contributed by atoms with E-state index in [0.717, 1.165) is 17.3 Å². The van der Waals surface area contributed by atoms with E-state index in [1.807, 2.05) is 12.3 Å². The van der Waals surface area contributed by atoms with Crippen LogP contribution in [0.4, 0.5) is 5.82 Å². The van der Waals surface area contributed by atoms with Gasteiger partial charge in [-0.3, -0.25) is 0 Å². The molecule has 0 aliphatic heterocycles. The van der Waals surface area contributed by atoms with Crippen molar-refractivity contribution >= 4 is 17.6 Å². The summed E-state index contributed by atoms with van der Waals surface area (Å²) in [7, 11) is 0. The number of hydrogen-bond donors (Lipinski definition) is 2. The van der Waals surface area contributed by atoms with E-state index in [0.29, 0.717) is 5.82 Å². The molecule has 1 rings (SSSR count). The normalized spacial score (nSPS) is 11.5. The second-order valence-electron chi connectivity index (χ2n) is 4.38. The molecule has 1 heterocycles. The Kier molecular flexibility index (Phi) is 3.93. The molecule has 4 nitrogen and oxygen atoms in total. The summed E-state index contributed by atoms with van der Waals surface area (Å²) < 4.78 is 0. The quantitative estimate of drug-likeness (QED) is 0.609. The number of rotatable bonds is 3. The molecule has 84 valence electrons. The van der Waals surface area contributed by atoms with Crippen molar-refractivity contribution in [3.8, 4) is 0 Å². The van der Waals surface area contributed by atoms with Gasteiger partial charge in [-0.05, 0) is 6.26 Å². The van der Waals surface area contributed by atoms with E-state index in [9.17, 15) is 0 Å². The number of nitrogens with one attached hydrogen (secondary N) is 1. The Balaban J connectivity index is 3.11. The van der Waals surface area contributed by atoms with Crippen LogP contribution in [0.1, 0.15) is 32.3 Å². The number of anilines is 1. The van der Waals surface area contributed by atoms with Gasteiger partial charge in [0.25, 0.3) is 0 Å². The van der Waals surface area contributed by atoms with E-state index >= 15 is 0 Å². The zero-order chi connectivity index (χ0) is 11.5. The Hall–Kier alpha value is -0.810. The summed E-state index contributed by atoms with van der Waals surface area (Å²) >= 11 is 1.70. The summed E-state index contributed by atoms with van der Waals surface area (Å²) in [4.78, 5) is 8.80. The molecule has 0 atom stereocenters. The van der Waals surface area contributed by atoms with Gasteiger partial charge in [-0.15, -0.1) is 0 Å². The lowest BCUT2D eigenvalue weighted by atomic mass is 9.92. The Morgan fingerprint density at radius 2 is 2.07 bits per heavy atom. The highest BCUT2D eigenvalue weighted by atomic mass is 32.2. The highest BCUT2D eigenvalue weighted by molar-refractivity contribution is 7.97. The van der Waals surface area contributed by atoms with Crippen molar-refractivity contribution in [2.75, 3.05) is 11.7 Å². The third kappa shape index (κ3) is 3.35. The Bertz CT molecular complexity index is 333. The molecule has 0 fully saturated rings. The van der Waals surface area contributed by atoms with Gasteiger partial charge in [0.05, 0.1) is 11.4 Å². The second kappa shape index (κ2) is 4.81. The minimum Gasteiger partial charge on any atom is -0.308 e. The SMILES string of the molecule is CSCc1nc(NN)cc(C(C)(C)C)n1. The lowest BCUT2D eigenvalue weighted by molar-refractivity contribution is 0.564. The van der Waals surface area contributed by atoms with Crippen molar-refractivity contribution < 1.29 is 0 Å². The number of nitrogens with zero attached hydrogens (tertiary/aromatic N) is 2. The molecule has 0 aliphatic rings. The average Bonchev–Trinajstić information content (AvgIpc) is 2.16. The van der Waals surface area contributed by atoms with Crippen molar-refractivity contribution in [1.82, 2.24) is 9.97 Å². The molecule has 0 unspecified atom stereocenters. The molecular weight excluding hydrogens is 208 g/mol. The van der Waals surface area contributed by atoms with Crippen LogP contribution in [0.15, 0.2) is 6.07 Å². The molecule has 0 amide bonds. The van der Waals surface area contributed by atoms with Crippen LogP contribution in [0.3, 0.4) is 0 Å². The fourth-order valence-corrected chi connectivity index (χ4v) is 1.54. The second-order valence-corrected chi connectivity index (χ2v) is 5.25. The van der Waals surface area contributed by atoms with Crippen LogP contribution in [0.5, 0.6) is 0 Å². The first-order chi connectivity index (χ1) is 6.97. The fraction of sp³-hybridized carbons (Fsp3) is 0.600. The van der Waals surface area contributed by atoms with Crippen LogP contribution in [0, 0.1) is 0 Å². The molecule has 0 spiro atoms. The standard InChI is InChI=1S/C10H18N4S/c1-10(2,3)7-5-8(14-11)13-9(12-7)6-15-4/h5H,6,11H2,1-4H3,(H,12,13,14). The van der Waals surface area contributed by atoms with Gasteiger partial charge in [0.1, 0.15) is 11.6 Å². The summed E-state index contributed by atoms with van der Waals surface area (Å²) in [6, 6.07) is 1.89. The van der Waals surface area contributed by atoms with Gasteiger partial charge in [0.15, 0.2) is 0 Å². The molecule has 1 aromatic heterocycles. The van der Waals surface area contributed by atoms with Crippen LogP contribution in [-0.2, 0) is 11.2 Å². The van der Waals surface area contributed by atoms with Gasteiger partial charge in [-0.25, -0.2) is 15.8 Å². The summed E-state index contributed by atoms with van der Waals surface area (Å²) in [5.74, 6) is 7.69. The van der Waals surface area contributed by atoms with Gasteiger partial charge in [0, 0.05) is 11.5 Å². The van der Waals surface area contributed by atoms with Crippen LogP contribution < -0.4 is 11.3 Å². The molecule has 0 bridgehead atoms. The van der Waals surface area contributed by atoms with Gasteiger partial charge in [0.2, 0.25) is 0 Å². The zero-order valence-corrected chi connectivity index (χ0v) is 10.5. The Labute approximate surface area is 95.0 Å². The minimum absolute atomic E-state index is 0.0156. The number of hydrazine groups is 1. The van der Waals surface area contributed by atoms with Crippen molar-refractivity contribution in [3.05, 3.63) is 17.6 Å². The fourth-order valence-electron chi connectivity index (χ4n) is 1.15. The predicted octanol–water partition coefficient (Wildman–Crippen LogP) is 1.92. The number of nitrogens with two attached hydrogens (primary N) is 1. The predicted molar refractivity (Wildman–Crippen MR) is 65.8 cm³/mol. The molecule has 3 N–H and O–H groups in total. The smallest absolute Gasteiger partial charge is 0.143 e. The average molecular weight is 226 g/mol. The Morgan fingerprint density at radius 3 is 2.53 bits per heavy atom. The molecular formula is C10H18N4S. The van der Waals surface area contributed by atoms with Gasteiger partial charge in [-0.2, -0.15) is 11.8 Å². The first-order valence-corrected chi connectivity index (χ1v) is 6.20. The van der Waals surface area contributed by atoms with E-state index < -0.39 is 0 Å². The topological polar surface area (TPSA) is 63.8 Å². The maximum absolute atomic E-state index is 5.38. The molecule has 0 radical (unpaired) electrons. The van der Waals surface area contributed by atoms with Crippen LogP contribution in [0.25, 0.3) is 0 Å². The van der Waals surface area contributed by atoms with Gasteiger partial charge >= 0.3 is 0 Å². The number of aromatic nitrogens is 2. The molecule has 5 heteroatoms. The molecule has 0 saturated carbocycles. The lowest BCUT2D eigenvalue weighted by Crippen LogP contribution is -2.18.